The second-order valence-electron chi connectivity index (χ2n) is 5.65. The molecule has 2 aromatic rings. The Labute approximate surface area is 134 Å². The Kier molecular flexibility index (Phi) is 5.05. The van der Waals surface area contributed by atoms with Crippen LogP contribution in [0.3, 0.4) is 0 Å². The van der Waals surface area contributed by atoms with Gasteiger partial charge < -0.3 is 9.42 Å². The molecule has 0 atom stereocenters. The molecule has 1 aliphatic rings. The molecule has 0 aliphatic carbocycles. The Morgan fingerprint density at radius 1 is 1.23 bits per heavy atom. The molecule has 1 aromatic heterocycles. The first-order valence-corrected chi connectivity index (χ1v) is 8.10. The van der Waals surface area contributed by atoms with Gasteiger partial charge in [-0.3, -0.25) is 0 Å². The number of likely N-dealkylation sites (tertiary alicyclic amines) is 1. The maximum absolute atomic E-state index is 13.2. The zero-order valence-electron chi connectivity index (χ0n) is 12.4. The van der Waals surface area contributed by atoms with Crippen molar-refractivity contribution in [3.63, 3.8) is 0 Å². The Morgan fingerprint density at radius 3 is 2.82 bits per heavy atom. The van der Waals surface area contributed by atoms with E-state index in [1.165, 1.54) is 38.1 Å². The van der Waals surface area contributed by atoms with Crippen LogP contribution in [0.5, 0.6) is 0 Å². The summed E-state index contributed by atoms with van der Waals surface area (Å²) in [5, 5.41) is 4.00. The molecule has 0 saturated carbocycles. The van der Waals surface area contributed by atoms with Crippen molar-refractivity contribution in [3.05, 3.63) is 34.9 Å². The molecule has 1 saturated heterocycles. The summed E-state index contributed by atoms with van der Waals surface area (Å²) in [4.78, 5) is 6.85. The molecular weight excluding hydrogens is 305 g/mol. The Hall–Kier alpha value is -1.46. The van der Waals surface area contributed by atoms with Crippen LogP contribution in [0.25, 0.3) is 11.4 Å². The number of benzene rings is 1. The molecule has 118 valence electrons. The van der Waals surface area contributed by atoms with Crippen LogP contribution in [0.1, 0.15) is 31.6 Å². The van der Waals surface area contributed by atoms with Gasteiger partial charge in [0.25, 0.3) is 0 Å². The summed E-state index contributed by atoms with van der Waals surface area (Å²) in [6.45, 7) is 3.61. The lowest BCUT2D eigenvalue weighted by Crippen LogP contribution is -2.20. The van der Waals surface area contributed by atoms with Crippen molar-refractivity contribution < 1.29 is 8.91 Å². The van der Waals surface area contributed by atoms with E-state index < -0.39 is 5.82 Å². The van der Waals surface area contributed by atoms with Gasteiger partial charge in [0.2, 0.25) is 11.7 Å². The molecule has 0 spiro atoms. The highest BCUT2D eigenvalue weighted by atomic mass is 35.5. The fraction of sp³-hybridized carbons (Fsp3) is 0.500. The first-order valence-electron chi connectivity index (χ1n) is 7.73. The van der Waals surface area contributed by atoms with Crippen LogP contribution in [-0.4, -0.2) is 34.7 Å². The Bertz CT molecular complexity index is 626. The maximum atomic E-state index is 13.2. The minimum atomic E-state index is -0.448. The van der Waals surface area contributed by atoms with Crippen LogP contribution in [0.4, 0.5) is 4.39 Å². The molecule has 2 heterocycles. The third kappa shape index (κ3) is 3.84. The van der Waals surface area contributed by atoms with E-state index in [1.54, 1.807) is 6.07 Å². The molecule has 0 radical (unpaired) electrons. The number of unbranched alkanes of at least 4 members (excludes halogenated alkanes) is 1. The average molecular weight is 324 g/mol. The van der Waals surface area contributed by atoms with Crippen LogP contribution in [-0.2, 0) is 6.42 Å². The van der Waals surface area contributed by atoms with Gasteiger partial charge in [-0.1, -0.05) is 16.8 Å². The van der Waals surface area contributed by atoms with Crippen molar-refractivity contribution in [1.29, 1.82) is 0 Å². The van der Waals surface area contributed by atoms with Crippen LogP contribution in [0, 0.1) is 5.82 Å². The largest absolute Gasteiger partial charge is 0.339 e. The Balaban J connectivity index is 1.51. The van der Waals surface area contributed by atoms with Crippen molar-refractivity contribution in [1.82, 2.24) is 15.0 Å². The summed E-state index contributed by atoms with van der Waals surface area (Å²) >= 11 is 5.77. The van der Waals surface area contributed by atoms with Crippen molar-refractivity contribution in [2.24, 2.45) is 0 Å². The zero-order valence-corrected chi connectivity index (χ0v) is 13.2. The molecular formula is C16H19ClFN3O. The van der Waals surface area contributed by atoms with Crippen LogP contribution < -0.4 is 0 Å². The number of nitrogens with zero attached hydrogens (tertiary/aromatic N) is 3. The van der Waals surface area contributed by atoms with E-state index in [0.29, 0.717) is 17.3 Å². The Morgan fingerprint density at radius 2 is 2.05 bits per heavy atom. The van der Waals surface area contributed by atoms with E-state index in [0.717, 1.165) is 25.8 Å². The lowest BCUT2D eigenvalue weighted by molar-refractivity contribution is 0.323. The van der Waals surface area contributed by atoms with Crippen LogP contribution in [0.2, 0.25) is 5.02 Å². The van der Waals surface area contributed by atoms with Crippen LogP contribution >= 0.6 is 11.6 Å². The molecule has 0 bridgehead atoms. The number of hydrogen-bond acceptors (Lipinski definition) is 4. The van der Waals surface area contributed by atoms with Gasteiger partial charge in [-0.25, -0.2) is 4.39 Å². The molecule has 4 nitrogen and oxygen atoms in total. The number of aryl methyl sites for hydroxylation is 1. The molecule has 0 N–H and O–H groups in total. The smallest absolute Gasteiger partial charge is 0.226 e. The molecule has 1 aliphatic heterocycles. The summed E-state index contributed by atoms with van der Waals surface area (Å²) in [7, 11) is 0. The highest BCUT2D eigenvalue weighted by Gasteiger charge is 2.12. The number of hydrogen-bond donors (Lipinski definition) is 0. The topological polar surface area (TPSA) is 42.2 Å². The molecule has 0 unspecified atom stereocenters. The summed E-state index contributed by atoms with van der Waals surface area (Å²) in [5.74, 6) is 0.629. The molecule has 1 aromatic carbocycles. The van der Waals surface area contributed by atoms with Gasteiger partial charge >= 0.3 is 0 Å². The monoisotopic (exact) mass is 323 g/mol. The zero-order chi connectivity index (χ0) is 15.4. The molecule has 3 rings (SSSR count). The standard InChI is InChI=1S/C16H19ClFN3O/c17-13-11-12(6-7-14(13)18)16-19-15(22-20-16)5-1-2-8-21-9-3-4-10-21/h6-7,11H,1-5,8-10H2. The fourth-order valence-corrected chi connectivity index (χ4v) is 2.91. The first-order chi connectivity index (χ1) is 10.7. The third-order valence-electron chi connectivity index (χ3n) is 3.96. The molecule has 1 fully saturated rings. The van der Waals surface area contributed by atoms with Gasteiger partial charge in [0, 0.05) is 12.0 Å². The average Bonchev–Trinajstić information content (AvgIpc) is 3.18. The molecule has 22 heavy (non-hydrogen) atoms. The summed E-state index contributed by atoms with van der Waals surface area (Å²) in [6.07, 6.45) is 5.60. The SMILES string of the molecule is Fc1ccc(-c2noc(CCCCN3CCCC3)n2)cc1Cl. The first kappa shape index (κ1) is 15.4. The lowest BCUT2D eigenvalue weighted by atomic mass is 10.2. The van der Waals surface area contributed by atoms with E-state index in [-0.39, 0.29) is 5.02 Å². The van der Waals surface area contributed by atoms with Gasteiger partial charge in [0.15, 0.2) is 0 Å². The minimum absolute atomic E-state index is 0.0643. The van der Waals surface area contributed by atoms with Crippen molar-refractivity contribution >= 4 is 11.6 Å². The summed E-state index contributed by atoms with van der Waals surface area (Å²) < 4.78 is 18.4. The van der Waals surface area contributed by atoms with Crippen LogP contribution in [0.15, 0.2) is 22.7 Å². The summed E-state index contributed by atoms with van der Waals surface area (Å²) in [5.41, 5.74) is 0.665. The van der Waals surface area contributed by atoms with Gasteiger partial charge in [-0.15, -0.1) is 0 Å². The van der Waals surface area contributed by atoms with Gasteiger partial charge in [-0.2, -0.15) is 4.98 Å². The third-order valence-corrected chi connectivity index (χ3v) is 4.25. The quantitative estimate of drug-likeness (QED) is 0.755. The molecule has 6 heteroatoms. The second-order valence-corrected chi connectivity index (χ2v) is 6.05. The van der Waals surface area contributed by atoms with E-state index in [2.05, 4.69) is 15.0 Å². The second kappa shape index (κ2) is 7.20. The van der Waals surface area contributed by atoms with E-state index in [4.69, 9.17) is 16.1 Å². The maximum Gasteiger partial charge on any atom is 0.226 e. The number of rotatable bonds is 6. The van der Waals surface area contributed by atoms with Gasteiger partial charge in [0.1, 0.15) is 5.82 Å². The predicted molar refractivity (Wildman–Crippen MR) is 83.3 cm³/mol. The van der Waals surface area contributed by atoms with Crippen molar-refractivity contribution in [2.45, 2.75) is 32.1 Å². The lowest BCUT2D eigenvalue weighted by Gasteiger charge is -2.13. The normalized spacial score (nSPS) is 15.5. The van der Waals surface area contributed by atoms with Gasteiger partial charge in [0.05, 0.1) is 5.02 Å². The van der Waals surface area contributed by atoms with E-state index in [1.807, 2.05) is 0 Å². The van der Waals surface area contributed by atoms with Crippen molar-refractivity contribution in [2.75, 3.05) is 19.6 Å². The fourth-order valence-electron chi connectivity index (χ4n) is 2.73. The number of halogens is 2. The van der Waals surface area contributed by atoms with Gasteiger partial charge in [-0.05, 0) is 63.5 Å². The predicted octanol–water partition coefficient (Wildman–Crippen LogP) is 3.95. The highest BCUT2D eigenvalue weighted by Crippen LogP contribution is 2.23. The van der Waals surface area contributed by atoms with E-state index >= 15 is 0 Å². The minimum Gasteiger partial charge on any atom is -0.339 e. The van der Waals surface area contributed by atoms with Crippen molar-refractivity contribution in [3.8, 4) is 11.4 Å². The van der Waals surface area contributed by atoms with E-state index in [9.17, 15) is 4.39 Å². The highest BCUT2D eigenvalue weighted by molar-refractivity contribution is 6.31. The molecule has 0 amide bonds. The summed E-state index contributed by atoms with van der Waals surface area (Å²) in [6, 6.07) is 4.42. The number of aromatic nitrogens is 2.